The fraction of sp³-hybridized carbons (Fsp3) is 0.222. The summed E-state index contributed by atoms with van der Waals surface area (Å²) in [7, 11) is 3.24. The Hall–Kier alpha value is -2.90. The van der Waals surface area contributed by atoms with Gasteiger partial charge in [0, 0.05) is 39.6 Å². The molecule has 0 unspecified atom stereocenters. The van der Waals surface area contributed by atoms with Gasteiger partial charge in [0.2, 0.25) is 5.91 Å². The van der Waals surface area contributed by atoms with Crippen molar-refractivity contribution in [3.8, 4) is 11.5 Å². The normalized spacial score (nSPS) is 10.9. The summed E-state index contributed by atoms with van der Waals surface area (Å²) in [5.41, 5.74) is 3.48. The van der Waals surface area contributed by atoms with Crippen LogP contribution in [-0.2, 0) is 17.8 Å². The molecule has 1 heterocycles. The first kappa shape index (κ1) is 24.2. The maximum atomic E-state index is 12.5. The zero-order valence-corrected chi connectivity index (χ0v) is 21.6. The Morgan fingerprint density at radius 2 is 1.71 bits per heavy atom. The van der Waals surface area contributed by atoms with E-state index in [1.54, 1.807) is 26.0 Å². The smallest absolute Gasteiger partial charge is 0.230 e. The number of para-hydroxylation sites is 1. The molecule has 7 heteroatoms. The third-order valence-corrected chi connectivity index (χ3v) is 7.13. The van der Waals surface area contributed by atoms with Crippen LogP contribution in [0.5, 0.6) is 11.5 Å². The second-order valence-electron chi connectivity index (χ2n) is 7.84. The molecule has 0 radical (unpaired) electrons. The second-order valence-corrected chi connectivity index (χ2v) is 9.78. The molecule has 0 saturated carbocycles. The molecule has 0 saturated heterocycles. The lowest BCUT2D eigenvalue weighted by Crippen LogP contribution is -2.27. The van der Waals surface area contributed by atoms with E-state index in [1.807, 2.05) is 24.3 Å². The van der Waals surface area contributed by atoms with Crippen LogP contribution in [0.15, 0.2) is 82.3 Å². The van der Waals surface area contributed by atoms with Gasteiger partial charge >= 0.3 is 0 Å². The molecule has 1 aromatic heterocycles. The number of nitrogens with one attached hydrogen (secondary N) is 1. The number of methoxy groups -OCH3 is 2. The van der Waals surface area contributed by atoms with Gasteiger partial charge in [0.25, 0.3) is 0 Å². The number of benzene rings is 3. The molecule has 0 spiro atoms. The van der Waals surface area contributed by atoms with Crippen LogP contribution in [0, 0.1) is 0 Å². The number of amides is 1. The average molecular weight is 539 g/mol. The molecule has 3 aromatic carbocycles. The highest BCUT2D eigenvalue weighted by Gasteiger charge is 2.11. The molecule has 0 bridgehead atoms. The van der Waals surface area contributed by atoms with E-state index in [0.717, 1.165) is 27.9 Å². The first-order valence-corrected chi connectivity index (χ1v) is 12.8. The third kappa shape index (κ3) is 5.96. The molecule has 0 atom stereocenters. The van der Waals surface area contributed by atoms with E-state index in [0.29, 0.717) is 23.8 Å². The number of carbonyl (C=O) groups is 1. The van der Waals surface area contributed by atoms with Crippen LogP contribution in [0.1, 0.15) is 11.1 Å². The van der Waals surface area contributed by atoms with Crippen molar-refractivity contribution >= 4 is 44.5 Å². The second kappa shape index (κ2) is 11.5. The monoisotopic (exact) mass is 538 g/mol. The number of halogens is 1. The largest absolute Gasteiger partial charge is 0.493 e. The lowest BCUT2D eigenvalue weighted by atomic mass is 10.1. The van der Waals surface area contributed by atoms with E-state index in [1.165, 1.54) is 16.5 Å². The van der Waals surface area contributed by atoms with Crippen molar-refractivity contribution in [2.75, 3.05) is 26.5 Å². The van der Waals surface area contributed by atoms with Gasteiger partial charge < -0.3 is 19.4 Å². The van der Waals surface area contributed by atoms with Crippen LogP contribution >= 0.6 is 27.7 Å². The number of thioether (sulfide) groups is 1. The summed E-state index contributed by atoms with van der Waals surface area (Å²) in [6.45, 7) is 1.35. The van der Waals surface area contributed by atoms with Gasteiger partial charge in [0.05, 0.1) is 20.0 Å². The fourth-order valence-corrected chi connectivity index (χ4v) is 5.01. The topological polar surface area (TPSA) is 52.5 Å². The maximum absolute atomic E-state index is 12.5. The van der Waals surface area contributed by atoms with Crippen molar-refractivity contribution in [3.05, 3.63) is 88.5 Å². The van der Waals surface area contributed by atoms with Gasteiger partial charge in [-0.25, -0.2) is 0 Å². The van der Waals surface area contributed by atoms with Gasteiger partial charge in [-0.3, -0.25) is 4.79 Å². The molecular weight excluding hydrogens is 512 g/mol. The van der Waals surface area contributed by atoms with E-state index >= 15 is 0 Å². The number of hydrogen-bond donors (Lipinski definition) is 1. The first-order chi connectivity index (χ1) is 16.6. The number of carbonyl (C=O) groups excluding carboxylic acids is 1. The molecule has 4 rings (SSSR count). The van der Waals surface area contributed by atoms with E-state index in [2.05, 4.69) is 74.5 Å². The molecule has 176 valence electrons. The zero-order chi connectivity index (χ0) is 23.9. The van der Waals surface area contributed by atoms with Crippen LogP contribution in [-0.4, -0.2) is 37.0 Å². The molecule has 1 amide bonds. The van der Waals surface area contributed by atoms with Crippen LogP contribution in [0.4, 0.5) is 0 Å². The number of hydrogen-bond acceptors (Lipinski definition) is 4. The summed E-state index contributed by atoms with van der Waals surface area (Å²) in [6, 6.07) is 22.5. The van der Waals surface area contributed by atoms with Crippen molar-refractivity contribution in [1.29, 1.82) is 0 Å². The predicted molar refractivity (Wildman–Crippen MR) is 142 cm³/mol. The lowest BCUT2D eigenvalue weighted by Gasteiger charge is -2.10. The van der Waals surface area contributed by atoms with Gasteiger partial charge in [-0.1, -0.05) is 52.3 Å². The number of rotatable bonds is 10. The highest BCUT2D eigenvalue weighted by Crippen LogP contribution is 2.31. The Bertz CT molecular complexity index is 1270. The molecule has 34 heavy (non-hydrogen) atoms. The minimum absolute atomic E-state index is 0.0233. The molecular formula is C27H27BrN2O3S. The van der Waals surface area contributed by atoms with Crippen LogP contribution in [0.2, 0.25) is 0 Å². The lowest BCUT2D eigenvalue weighted by molar-refractivity contribution is -0.118. The van der Waals surface area contributed by atoms with Crippen molar-refractivity contribution < 1.29 is 14.3 Å². The van der Waals surface area contributed by atoms with Crippen molar-refractivity contribution in [2.24, 2.45) is 0 Å². The highest BCUT2D eigenvalue weighted by atomic mass is 79.9. The number of nitrogens with zero attached hydrogens (tertiary/aromatic N) is 1. The maximum Gasteiger partial charge on any atom is 0.230 e. The summed E-state index contributed by atoms with van der Waals surface area (Å²) < 4.78 is 13.9. The van der Waals surface area contributed by atoms with E-state index < -0.39 is 0 Å². The van der Waals surface area contributed by atoms with Crippen LogP contribution < -0.4 is 14.8 Å². The van der Waals surface area contributed by atoms with Crippen LogP contribution in [0.25, 0.3) is 10.9 Å². The van der Waals surface area contributed by atoms with Gasteiger partial charge in [-0.05, 0) is 47.9 Å². The molecule has 4 aromatic rings. The Morgan fingerprint density at radius 1 is 0.971 bits per heavy atom. The van der Waals surface area contributed by atoms with Crippen molar-refractivity contribution in [2.45, 2.75) is 17.9 Å². The average Bonchev–Trinajstić information content (AvgIpc) is 3.21. The third-order valence-electron chi connectivity index (χ3n) is 5.56. The van der Waals surface area contributed by atoms with Gasteiger partial charge in [0.1, 0.15) is 0 Å². The standard InChI is InChI=1S/C27H27BrN2O3S/c1-32-24-12-9-19(15-25(24)33-2)13-14-29-27(31)18-34-26-17-30(23-6-4-3-5-22(23)26)16-20-7-10-21(28)11-8-20/h3-12,15,17H,13-14,16,18H2,1-2H3,(H,29,31). The van der Waals surface area contributed by atoms with Crippen LogP contribution in [0.3, 0.4) is 0 Å². The SMILES string of the molecule is COc1ccc(CCNC(=O)CSc2cn(Cc3ccc(Br)cc3)c3ccccc23)cc1OC. The summed E-state index contributed by atoms with van der Waals surface area (Å²) in [6.07, 6.45) is 2.87. The minimum atomic E-state index is 0.0233. The zero-order valence-electron chi connectivity index (χ0n) is 19.2. The summed E-state index contributed by atoms with van der Waals surface area (Å²) in [5, 5.41) is 4.19. The first-order valence-electron chi connectivity index (χ1n) is 11.0. The van der Waals surface area contributed by atoms with E-state index in [-0.39, 0.29) is 5.91 Å². The highest BCUT2D eigenvalue weighted by molar-refractivity contribution is 9.10. The summed E-state index contributed by atoms with van der Waals surface area (Å²) >= 11 is 5.07. The van der Waals surface area contributed by atoms with Gasteiger partial charge in [-0.2, -0.15) is 0 Å². The van der Waals surface area contributed by atoms with E-state index in [4.69, 9.17) is 9.47 Å². The Balaban J connectivity index is 1.35. The number of aromatic nitrogens is 1. The van der Waals surface area contributed by atoms with Gasteiger partial charge in [0.15, 0.2) is 11.5 Å². The summed E-state index contributed by atoms with van der Waals surface area (Å²) in [4.78, 5) is 13.6. The number of fused-ring (bicyclic) bond motifs is 1. The van der Waals surface area contributed by atoms with Crippen molar-refractivity contribution in [3.63, 3.8) is 0 Å². The Labute approximate surface area is 212 Å². The molecule has 5 nitrogen and oxygen atoms in total. The predicted octanol–water partition coefficient (Wildman–Crippen LogP) is 5.92. The molecule has 1 N–H and O–H groups in total. The van der Waals surface area contributed by atoms with Gasteiger partial charge in [-0.15, -0.1) is 11.8 Å². The van der Waals surface area contributed by atoms with E-state index in [9.17, 15) is 4.79 Å². The Kier molecular flexibility index (Phi) is 8.19. The minimum Gasteiger partial charge on any atom is -0.493 e. The fourth-order valence-electron chi connectivity index (χ4n) is 3.82. The summed E-state index contributed by atoms with van der Waals surface area (Å²) in [5.74, 6) is 1.79. The van der Waals surface area contributed by atoms with Crippen molar-refractivity contribution in [1.82, 2.24) is 9.88 Å². The number of ether oxygens (including phenoxy) is 2. The molecule has 0 aliphatic carbocycles. The molecule has 0 fully saturated rings. The molecule has 0 aliphatic rings. The quantitative estimate of drug-likeness (QED) is 0.254. The molecule has 0 aliphatic heterocycles. The Morgan fingerprint density at radius 3 is 2.47 bits per heavy atom.